The largest absolute Gasteiger partial charge is 0.396 e. The van der Waals surface area contributed by atoms with Crippen LogP contribution < -0.4 is 4.90 Å². The number of aryl methyl sites for hydroxylation is 1. The summed E-state index contributed by atoms with van der Waals surface area (Å²) in [5.74, 6) is -0.298. The summed E-state index contributed by atoms with van der Waals surface area (Å²) in [6, 6.07) is 17.0. The van der Waals surface area contributed by atoms with E-state index in [0.29, 0.717) is 18.7 Å². The Morgan fingerprint density at radius 1 is 0.921 bits per heavy atom. The van der Waals surface area contributed by atoms with Crippen LogP contribution in [0.4, 0.5) is 10.1 Å². The highest BCUT2D eigenvalue weighted by Crippen LogP contribution is 2.35. The molecule has 6 rings (SSSR count). The second-order valence-electron chi connectivity index (χ2n) is 9.74. The Morgan fingerprint density at radius 3 is 2.39 bits per heavy atom. The number of nitrogens with zero attached hydrogens (tertiary/aromatic N) is 6. The molecule has 5 aromatic rings. The number of aromatic nitrogens is 5. The van der Waals surface area contributed by atoms with Gasteiger partial charge in [0.1, 0.15) is 23.5 Å². The molecule has 9 heteroatoms. The minimum atomic E-state index is -0.298. The number of hydrogen-bond acceptors (Lipinski definition) is 6. The van der Waals surface area contributed by atoms with Gasteiger partial charge in [-0.3, -0.25) is 4.68 Å². The monoisotopic (exact) mass is 511 g/mol. The van der Waals surface area contributed by atoms with Crippen molar-refractivity contribution in [3.63, 3.8) is 0 Å². The van der Waals surface area contributed by atoms with Crippen LogP contribution in [-0.2, 0) is 6.54 Å². The highest BCUT2D eigenvalue weighted by molar-refractivity contribution is 5.97. The number of anilines is 1. The molecular formula is C29H30FN7O. The summed E-state index contributed by atoms with van der Waals surface area (Å²) in [5, 5.41) is 15.0. The van der Waals surface area contributed by atoms with Crippen LogP contribution in [0.25, 0.3) is 44.8 Å². The minimum Gasteiger partial charge on any atom is -0.396 e. The van der Waals surface area contributed by atoms with E-state index in [0.717, 1.165) is 65.3 Å². The Bertz CT molecular complexity index is 1530. The van der Waals surface area contributed by atoms with Gasteiger partial charge in [0.25, 0.3) is 0 Å². The van der Waals surface area contributed by atoms with Crippen molar-refractivity contribution < 1.29 is 9.50 Å². The summed E-state index contributed by atoms with van der Waals surface area (Å²) >= 11 is 0. The van der Waals surface area contributed by atoms with E-state index in [4.69, 9.17) is 5.10 Å². The van der Waals surface area contributed by atoms with Gasteiger partial charge >= 0.3 is 0 Å². The molecule has 0 bridgehead atoms. The lowest BCUT2D eigenvalue weighted by Gasteiger charge is -2.34. The Morgan fingerprint density at radius 2 is 1.66 bits per heavy atom. The van der Waals surface area contributed by atoms with Gasteiger partial charge in [0.15, 0.2) is 0 Å². The Labute approximate surface area is 220 Å². The van der Waals surface area contributed by atoms with Crippen LogP contribution in [-0.4, -0.2) is 74.6 Å². The topological polar surface area (TPSA) is 86.1 Å². The lowest BCUT2D eigenvalue weighted by molar-refractivity contribution is 0.277. The molecule has 4 heterocycles. The fraction of sp³-hybridized carbons (Fsp3) is 0.276. The third-order valence-corrected chi connectivity index (χ3v) is 7.15. The Kier molecular flexibility index (Phi) is 6.61. The van der Waals surface area contributed by atoms with Crippen LogP contribution in [0.5, 0.6) is 0 Å². The van der Waals surface area contributed by atoms with Crippen molar-refractivity contribution >= 4 is 16.7 Å². The maximum Gasteiger partial charge on any atom is 0.141 e. The predicted octanol–water partition coefficient (Wildman–Crippen LogP) is 4.43. The van der Waals surface area contributed by atoms with Gasteiger partial charge in [0.05, 0.1) is 5.69 Å². The zero-order valence-electron chi connectivity index (χ0n) is 21.3. The molecule has 0 amide bonds. The number of piperazine rings is 1. The zero-order valence-corrected chi connectivity index (χ0v) is 21.3. The number of nitrogens with one attached hydrogen (secondary N) is 1. The fourth-order valence-corrected chi connectivity index (χ4v) is 4.99. The average molecular weight is 512 g/mol. The van der Waals surface area contributed by atoms with Crippen molar-refractivity contribution in [2.75, 3.05) is 44.7 Å². The van der Waals surface area contributed by atoms with Crippen LogP contribution in [0.15, 0.2) is 67.1 Å². The van der Waals surface area contributed by atoms with Crippen molar-refractivity contribution in [1.82, 2.24) is 29.6 Å². The first-order chi connectivity index (χ1) is 18.6. The van der Waals surface area contributed by atoms with E-state index >= 15 is 0 Å². The summed E-state index contributed by atoms with van der Waals surface area (Å²) in [6.45, 7) is 4.85. The number of likely N-dealkylation sites (N-methyl/N-ethyl adjacent to an activating group) is 1. The van der Waals surface area contributed by atoms with Gasteiger partial charge in [-0.25, -0.2) is 14.4 Å². The fourth-order valence-electron chi connectivity index (χ4n) is 4.99. The molecule has 0 spiro atoms. The smallest absolute Gasteiger partial charge is 0.141 e. The first-order valence-corrected chi connectivity index (χ1v) is 12.9. The Hall–Kier alpha value is -4.08. The summed E-state index contributed by atoms with van der Waals surface area (Å²) in [5.41, 5.74) is 7.10. The van der Waals surface area contributed by atoms with Gasteiger partial charge in [-0.1, -0.05) is 12.1 Å². The van der Waals surface area contributed by atoms with E-state index in [-0.39, 0.29) is 12.4 Å². The van der Waals surface area contributed by atoms with E-state index < -0.39 is 0 Å². The van der Waals surface area contributed by atoms with Gasteiger partial charge in [-0.15, -0.1) is 0 Å². The zero-order chi connectivity index (χ0) is 26.1. The molecule has 194 valence electrons. The molecule has 0 aliphatic carbocycles. The van der Waals surface area contributed by atoms with Crippen molar-refractivity contribution in [3.05, 3.63) is 72.9 Å². The number of halogens is 1. The second kappa shape index (κ2) is 10.4. The summed E-state index contributed by atoms with van der Waals surface area (Å²) < 4.78 is 15.4. The maximum atomic E-state index is 13.6. The number of fused-ring (bicyclic) bond motifs is 1. The lowest BCUT2D eigenvalue weighted by Crippen LogP contribution is -2.44. The number of rotatable bonds is 7. The summed E-state index contributed by atoms with van der Waals surface area (Å²) in [7, 11) is 2.16. The minimum absolute atomic E-state index is 0.0770. The van der Waals surface area contributed by atoms with Gasteiger partial charge in [-0.05, 0) is 61.5 Å². The molecule has 1 saturated heterocycles. The third-order valence-electron chi connectivity index (χ3n) is 7.15. The van der Waals surface area contributed by atoms with E-state index in [9.17, 15) is 9.50 Å². The molecule has 1 aliphatic rings. The normalized spacial score (nSPS) is 14.4. The van der Waals surface area contributed by atoms with Crippen LogP contribution in [0.2, 0.25) is 0 Å². The molecule has 2 aromatic carbocycles. The molecular weight excluding hydrogens is 481 g/mol. The van der Waals surface area contributed by atoms with Crippen LogP contribution in [0.1, 0.15) is 6.42 Å². The molecule has 1 aliphatic heterocycles. The molecule has 2 N–H and O–H groups in total. The van der Waals surface area contributed by atoms with Crippen LogP contribution >= 0.6 is 0 Å². The van der Waals surface area contributed by atoms with Crippen LogP contribution in [0, 0.1) is 5.82 Å². The van der Waals surface area contributed by atoms with Gasteiger partial charge in [0.2, 0.25) is 0 Å². The molecule has 3 aromatic heterocycles. The molecule has 0 radical (unpaired) electrons. The first-order valence-electron chi connectivity index (χ1n) is 12.9. The predicted molar refractivity (Wildman–Crippen MR) is 147 cm³/mol. The summed E-state index contributed by atoms with van der Waals surface area (Å²) in [6.07, 6.45) is 4.07. The van der Waals surface area contributed by atoms with Crippen molar-refractivity contribution in [1.29, 1.82) is 0 Å². The number of hydrogen-bond donors (Lipinski definition) is 2. The number of benzene rings is 2. The standard InChI is InChI=1S/C29H30FN7O/c1-35-12-14-36(15-13-35)23-9-5-20(6-10-23)26-17-24-28(31-19-32-29(24)33-26)25-18-37(11-2-16-38)34-27(25)21-3-7-22(30)8-4-21/h3-10,17-19,38H,2,11-16H2,1H3,(H,31,32,33). The average Bonchev–Trinajstić information content (AvgIpc) is 3.58. The van der Waals surface area contributed by atoms with E-state index in [1.54, 1.807) is 18.5 Å². The SMILES string of the molecule is CN1CCN(c2ccc(-c3cc4c(-c5cn(CCCO)nc5-c5ccc(F)cc5)ncnc4[nH]3)cc2)CC1. The summed E-state index contributed by atoms with van der Waals surface area (Å²) in [4.78, 5) is 17.4. The molecule has 1 fully saturated rings. The number of H-pyrrole nitrogens is 1. The highest BCUT2D eigenvalue weighted by Gasteiger charge is 2.19. The molecule has 8 nitrogen and oxygen atoms in total. The quantitative estimate of drug-likeness (QED) is 0.336. The Balaban J connectivity index is 1.37. The number of aromatic amines is 1. The van der Waals surface area contributed by atoms with Crippen LogP contribution in [0.3, 0.4) is 0 Å². The van der Waals surface area contributed by atoms with Gasteiger partial charge in [-0.2, -0.15) is 5.10 Å². The van der Waals surface area contributed by atoms with Gasteiger partial charge < -0.3 is 19.9 Å². The van der Waals surface area contributed by atoms with Gasteiger partial charge in [0, 0.05) is 73.4 Å². The third kappa shape index (κ3) is 4.78. The van der Waals surface area contributed by atoms with E-state index in [2.05, 4.69) is 62.1 Å². The molecule has 0 unspecified atom stereocenters. The number of aliphatic hydroxyl groups excluding tert-OH is 1. The first kappa shape index (κ1) is 24.3. The number of aliphatic hydroxyl groups is 1. The highest BCUT2D eigenvalue weighted by atomic mass is 19.1. The second-order valence-corrected chi connectivity index (χ2v) is 9.74. The molecule has 38 heavy (non-hydrogen) atoms. The maximum absolute atomic E-state index is 13.6. The van der Waals surface area contributed by atoms with E-state index in [1.807, 2.05) is 10.9 Å². The van der Waals surface area contributed by atoms with Crippen molar-refractivity contribution in [2.45, 2.75) is 13.0 Å². The van der Waals surface area contributed by atoms with Crippen molar-refractivity contribution in [3.8, 4) is 33.8 Å². The van der Waals surface area contributed by atoms with Crippen molar-refractivity contribution in [2.24, 2.45) is 0 Å². The molecule has 0 atom stereocenters. The van der Waals surface area contributed by atoms with E-state index in [1.165, 1.54) is 17.8 Å². The molecule has 0 saturated carbocycles. The lowest BCUT2D eigenvalue weighted by atomic mass is 10.0.